The van der Waals surface area contributed by atoms with Gasteiger partial charge in [0.1, 0.15) is 5.75 Å². The molecule has 0 radical (unpaired) electrons. The lowest BCUT2D eigenvalue weighted by molar-refractivity contribution is -0.0193. The van der Waals surface area contributed by atoms with Crippen molar-refractivity contribution in [2.75, 3.05) is 19.0 Å². The fourth-order valence-corrected chi connectivity index (χ4v) is 3.23. The Morgan fingerprint density at radius 2 is 1.95 bits per heavy atom. The fraction of sp³-hybridized carbons (Fsp3) is 0.588. The van der Waals surface area contributed by atoms with Crippen LogP contribution in [-0.2, 0) is 0 Å². The van der Waals surface area contributed by atoms with Gasteiger partial charge in [0.05, 0.1) is 7.11 Å². The zero-order valence-electron chi connectivity index (χ0n) is 13.4. The zero-order chi connectivity index (χ0) is 15.5. The van der Waals surface area contributed by atoms with Crippen LogP contribution in [0.25, 0.3) is 0 Å². The number of urea groups is 1. The maximum Gasteiger partial charge on any atom is 0.319 e. The molecule has 0 saturated heterocycles. The normalized spacial score (nSPS) is 23.0. The van der Waals surface area contributed by atoms with Gasteiger partial charge in [0, 0.05) is 12.2 Å². The molecule has 0 aromatic heterocycles. The van der Waals surface area contributed by atoms with Gasteiger partial charge in [-0.2, -0.15) is 0 Å². The summed E-state index contributed by atoms with van der Waals surface area (Å²) in [7, 11) is 1.62. The number of hydrogen-bond acceptors (Lipinski definition) is 2. The Morgan fingerprint density at radius 1 is 1.29 bits per heavy atom. The van der Waals surface area contributed by atoms with Gasteiger partial charge in [-0.1, -0.05) is 27.2 Å². The molecule has 2 atom stereocenters. The van der Waals surface area contributed by atoms with Crippen LogP contribution in [-0.4, -0.2) is 19.7 Å². The molecule has 0 bridgehead atoms. The third-order valence-electron chi connectivity index (χ3n) is 5.02. The summed E-state index contributed by atoms with van der Waals surface area (Å²) in [6, 6.07) is 7.18. The summed E-state index contributed by atoms with van der Waals surface area (Å²) in [6.45, 7) is 7.59. The number of methoxy groups -OCH3 is 1. The van der Waals surface area contributed by atoms with Gasteiger partial charge in [-0.25, -0.2) is 4.79 Å². The van der Waals surface area contributed by atoms with Crippen molar-refractivity contribution in [3.8, 4) is 5.75 Å². The van der Waals surface area contributed by atoms with Gasteiger partial charge in [-0.15, -0.1) is 0 Å². The summed E-state index contributed by atoms with van der Waals surface area (Å²) >= 11 is 0. The van der Waals surface area contributed by atoms with Crippen LogP contribution < -0.4 is 15.4 Å². The topological polar surface area (TPSA) is 50.4 Å². The molecule has 2 N–H and O–H groups in total. The van der Waals surface area contributed by atoms with Crippen LogP contribution in [0.5, 0.6) is 5.75 Å². The monoisotopic (exact) mass is 290 g/mol. The van der Waals surface area contributed by atoms with E-state index in [2.05, 4.69) is 31.4 Å². The van der Waals surface area contributed by atoms with E-state index in [0.29, 0.717) is 11.3 Å². The maximum absolute atomic E-state index is 11.9. The number of benzene rings is 1. The van der Waals surface area contributed by atoms with Crippen LogP contribution in [0.15, 0.2) is 24.3 Å². The molecule has 116 valence electrons. The Bertz CT molecular complexity index is 482. The largest absolute Gasteiger partial charge is 0.497 e. The van der Waals surface area contributed by atoms with Gasteiger partial charge in [0.2, 0.25) is 0 Å². The average Bonchev–Trinajstić information content (AvgIpc) is 2.47. The smallest absolute Gasteiger partial charge is 0.319 e. The van der Waals surface area contributed by atoms with Gasteiger partial charge in [-0.3, -0.25) is 0 Å². The lowest BCUT2D eigenvalue weighted by atomic mass is 9.54. The summed E-state index contributed by atoms with van der Waals surface area (Å²) in [5.41, 5.74) is 1.11. The standard InChI is InChI=1S/C17H26N2O2/c1-5-12-10-13(17(12,2)3)11-18-16(20)19-14-6-8-15(21-4)9-7-14/h6-9,12-13H,5,10-11H2,1-4H3,(H2,18,19,20)/t12-,13-/m0/s1. The maximum atomic E-state index is 11.9. The molecule has 1 aliphatic carbocycles. The van der Waals surface area contributed by atoms with E-state index in [-0.39, 0.29) is 6.03 Å². The number of amides is 2. The van der Waals surface area contributed by atoms with Gasteiger partial charge in [0.15, 0.2) is 0 Å². The Morgan fingerprint density at radius 3 is 2.48 bits per heavy atom. The first-order valence-corrected chi connectivity index (χ1v) is 7.66. The van der Waals surface area contributed by atoms with Crippen LogP contribution in [0.4, 0.5) is 10.5 Å². The molecule has 0 spiro atoms. The summed E-state index contributed by atoms with van der Waals surface area (Å²) < 4.78 is 5.09. The minimum absolute atomic E-state index is 0.143. The van der Waals surface area contributed by atoms with E-state index < -0.39 is 0 Å². The van der Waals surface area contributed by atoms with E-state index >= 15 is 0 Å². The van der Waals surface area contributed by atoms with Gasteiger partial charge >= 0.3 is 6.03 Å². The fourth-order valence-electron chi connectivity index (χ4n) is 3.23. The van der Waals surface area contributed by atoms with Crippen molar-refractivity contribution in [2.45, 2.75) is 33.6 Å². The third-order valence-corrected chi connectivity index (χ3v) is 5.02. The first-order chi connectivity index (χ1) is 9.97. The van der Waals surface area contributed by atoms with Crippen molar-refractivity contribution in [1.29, 1.82) is 0 Å². The zero-order valence-corrected chi connectivity index (χ0v) is 13.4. The molecule has 1 saturated carbocycles. The molecule has 2 rings (SSSR count). The van der Waals surface area contributed by atoms with Crippen molar-refractivity contribution in [3.05, 3.63) is 24.3 Å². The Hall–Kier alpha value is -1.71. The first-order valence-electron chi connectivity index (χ1n) is 7.66. The highest BCUT2D eigenvalue weighted by molar-refractivity contribution is 5.89. The van der Waals surface area contributed by atoms with Crippen molar-refractivity contribution in [1.82, 2.24) is 5.32 Å². The van der Waals surface area contributed by atoms with Crippen LogP contribution in [0.1, 0.15) is 33.6 Å². The van der Waals surface area contributed by atoms with Gasteiger partial charge < -0.3 is 15.4 Å². The number of nitrogens with one attached hydrogen (secondary N) is 2. The molecule has 4 heteroatoms. The first kappa shape index (κ1) is 15.7. The minimum Gasteiger partial charge on any atom is -0.497 e. The second-order valence-electron chi connectivity index (χ2n) is 6.42. The third kappa shape index (κ3) is 3.49. The molecule has 1 fully saturated rings. The number of ether oxygens (including phenoxy) is 1. The average molecular weight is 290 g/mol. The molecular formula is C17H26N2O2. The van der Waals surface area contributed by atoms with Crippen molar-refractivity contribution in [2.24, 2.45) is 17.3 Å². The number of hydrogen-bond donors (Lipinski definition) is 2. The number of carbonyl (C=O) groups is 1. The van der Waals surface area contributed by atoms with E-state index in [9.17, 15) is 4.79 Å². The Kier molecular flexibility index (Phi) is 4.76. The predicted octanol–water partition coefficient (Wildman–Crippen LogP) is 3.89. The van der Waals surface area contributed by atoms with E-state index in [0.717, 1.165) is 23.9 Å². The minimum atomic E-state index is -0.143. The van der Waals surface area contributed by atoms with E-state index in [4.69, 9.17) is 4.74 Å². The molecule has 4 nitrogen and oxygen atoms in total. The SMILES string of the molecule is CC[C@H]1C[C@@H](CNC(=O)Nc2ccc(OC)cc2)C1(C)C. The van der Waals surface area contributed by atoms with Gasteiger partial charge in [-0.05, 0) is 47.9 Å². The molecule has 1 aliphatic rings. The number of carbonyl (C=O) groups excluding carboxylic acids is 1. The summed E-state index contributed by atoms with van der Waals surface area (Å²) in [4.78, 5) is 11.9. The Balaban J connectivity index is 1.77. The molecule has 0 heterocycles. The van der Waals surface area contributed by atoms with Crippen LogP contribution in [0.3, 0.4) is 0 Å². The molecule has 1 aromatic rings. The van der Waals surface area contributed by atoms with Gasteiger partial charge in [0.25, 0.3) is 0 Å². The molecular weight excluding hydrogens is 264 g/mol. The molecule has 21 heavy (non-hydrogen) atoms. The van der Waals surface area contributed by atoms with Crippen molar-refractivity contribution >= 4 is 11.7 Å². The molecule has 0 aliphatic heterocycles. The van der Waals surface area contributed by atoms with E-state index in [1.807, 2.05) is 24.3 Å². The van der Waals surface area contributed by atoms with E-state index in [1.54, 1.807) is 7.11 Å². The summed E-state index contributed by atoms with van der Waals surface area (Å²) in [6.07, 6.45) is 2.44. The number of rotatable bonds is 5. The highest BCUT2D eigenvalue weighted by Gasteiger charge is 2.46. The molecule has 2 amide bonds. The van der Waals surface area contributed by atoms with Crippen molar-refractivity contribution in [3.63, 3.8) is 0 Å². The highest BCUT2D eigenvalue weighted by Crippen LogP contribution is 2.52. The summed E-state index contributed by atoms with van der Waals surface area (Å²) in [5.74, 6) is 2.14. The van der Waals surface area contributed by atoms with Crippen LogP contribution in [0.2, 0.25) is 0 Å². The number of anilines is 1. The van der Waals surface area contributed by atoms with E-state index in [1.165, 1.54) is 12.8 Å². The molecule has 0 unspecified atom stereocenters. The quantitative estimate of drug-likeness (QED) is 0.864. The second-order valence-corrected chi connectivity index (χ2v) is 6.42. The second kappa shape index (κ2) is 6.37. The lowest BCUT2D eigenvalue weighted by Crippen LogP contribution is -2.50. The highest BCUT2D eigenvalue weighted by atomic mass is 16.5. The van der Waals surface area contributed by atoms with Crippen LogP contribution >= 0.6 is 0 Å². The van der Waals surface area contributed by atoms with Crippen LogP contribution in [0, 0.1) is 17.3 Å². The summed E-state index contributed by atoms with van der Waals surface area (Å²) in [5, 5.41) is 5.82. The predicted molar refractivity (Wildman–Crippen MR) is 85.7 cm³/mol. The van der Waals surface area contributed by atoms with Crippen molar-refractivity contribution < 1.29 is 9.53 Å². The Labute approximate surface area is 127 Å². The molecule has 1 aromatic carbocycles. The lowest BCUT2D eigenvalue weighted by Gasteiger charge is -2.52.